The summed E-state index contributed by atoms with van der Waals surface area (Å²) >= 11 is 0. The van der Waals surface area contributed by atoms with Crippen LogP contribution in [0.2, 0.25) is 0 Å². The van der Waals surface area contributed by atoms with Gasteiger partial charge in [-0.15, -0.1) is 0 Å². The number of aliphatic imine (C=N–C) groups is 1. The van der Waals surface area contributed by atoms with E-state index in [1.165, 1.54) is 50.5 Å². The molecule has 1 atom stereocenters. The molecule has 0 spiro atoms. The molecular formula is C20H34N2O2. The minimum Gasteiger partial charge on any atom is -0.490 e. The third-order valence-electron chi connectivity index (χ3n) is 4.63. The minimum atomic E-state index is -0.0507. The van der Waals surface area contributed by atoms with Gasteiger partial charge < -0.3 is 15.2 Å². The van der Waals surface area contributed by atoms with Crippen molar-refractivity contribution in [3.05, 3.63) is 29.8 Å². The Morgan fingerprint density at radius 3 is 2.21 bits per heavy atom. The van der Waals surface area contributed by atoms with Crippen molar-refractivity contribution in [2.24, 2.45) is 10.7 Å². The fourth-order valence-corrected chi connectivity index (χ4v) is 3.34. The highest BCUT2D eigenvalue weighted by Crippen LogP contribution is 2.31. The summed E-state index contributed by atoms with van der Waals surface area (Å²) in [4.78, 5) is 4.01. The maximum atomic E-state index is 5.77. The fraction of sp³-hybridized carbons (Fsp3) is 0.650. The van der Waals surface area contributed by atoms with E-state index in [0.717, 1.165) is 11.7 Å². The predicted molar refractivity (Wildman–Crippen MR) is 102 cm³/mol. The first-order chi connectivity index (χ1) is 10.8. The van der Waals surface area contributed by atoms with Gasteiger partial charge in [-0.2, -0.15) is 0 Å². The lowest BCUT2D eigenvalue weighted by molar-refractivity contribution is 0.141. The van der Waals surface area contributed by atoms with Gasteiger partial charge in [0.1, 0.15) is 12.4 Å². The molecule has 0 radical (unpaired) electrons. The zero-order valence-electron chi connectivity index (χ0n) is 13.2. The highest BCUT2D eigenvalue weighted by molar-refractivity contribution is 5.73. The molecule has 2 N–H and O–H groups in total. The zero-order valence-corrected chi connectivity index (χ0v) is 13.2. The second-order valence-electron chi connectivity index (χ2n) is 6.34. The molecule has 4 heteroatoms. The molecule has 1 heterocycles. The van der Waals surface area contributed by atoms with Crippen LogP contribution in [0.3, 0.4) is 0 Å². The highest BCUT2D eigenvalue weighted by Gasteiger charge is 2.18. The zero-order chi connectivity index (χ0) is 15.2. The molecule has 1 saturated carbocycles. The molecule has 1 unspecified atom stereocenters. The topological polar surface area (TPSA) is 56.8 Å². The first-order valence-corrected chi connectivity index (χ1v) is 8.50. The molecule has 0 amide bonds. The number of hydrogen-bond donors (Lipinski definition) is 1. The van der Waals surface area contributed by atoms with Gasteiger partial charge in [0, 0.05) is 0 Å². The van der Waals surface area contributed by atoms with Crippen molar-refractivity contribution in [3.8, 4) is 5.75 Å². The molecule has 4 nitrogen and oxygen atoms in total. The Hall–Kier alpha value is -1.71. The number of ether oxygens (including phenoxy) is 2. The SMILES string of the molecule is C.C.NC1=NCC(COc2ccc(C3CCCCCCC3)cc2)O1. The Bertz CT molecular complexity index is 491. The molecule has 3 rings (SSSR count). The second kappa shape index (κ2) is 10.2. The van der Waals surface area contributed by atoms with Gasteiger partial charge in [-0.05, 0) is 36.5 Å². The molecule has 1 aromatic rings. The van der Waals surface area contributed by atoms with E-state index in [2.05, 4.69) is 29.3 Å². The number of benzene rings is 1. The Morgan fingerprint density at radius 1 is 1.00 bits per heavy atom. The van der Waals surface area contributed by atoms with Crippen LogP contribution in [0.4, 0.5) is 0 Å². The summed E-state index contributed by atoms with van der Waals surface area (Å²) in [5.74, 6) is 1.62. The van der Waals surface area contributed by atoms with E-state index < -0.39 is 0 Å². The predicted octanol–water partition coefficient (Wildman–Crippen LogP) is 4.88. The number of nitrogens with zero attached hydrogens (tertiary/aromatic N) is 1. The smallest absolute Gasteiger partial charge is 0.282 e. The van der Waals surface area contributed by atoms with Crippen LogP contribution in [0, 0.1) is 0 Å². The van der Waals surface area contributed by atoms with Crippen LogP contribution in [-0.2, 0) is 4.74 Å². The third kappa shape index (κ3) is 5.73. The van der Waals surface area contributed by atoms with Crippen LogP contribution in [0.25, 0.3) is 0 Å². The monoisotopic (exact) mass is 334 g/mol. The van der Waals surface area contributed by atoms with E-state index in [-0.39, 0.29) is 27.0 Å². The lowest BCUT2D eigenvalue weighted by Crippen LogP contribution is -2.24. The first-order valence-electron chi connectivity index (χ1n) is 8.50. The van der Waals surface area contributed by atoms with Crippen molar-refractivity contribution >= 4 is 6.02 Å². The van der Waals surface area contributed by atoms with Gasteiger partial charge >= 0.3 is 0 Å². The Balaban J connectivity index is 0.00000144. The molecule has 1 aliphatic carbocycles. The van der Waals surface area contributed by atoms with Gasteiger partial charge in [-0.1, -0.05) is 59.1 Å². The molecule has 136 valence electrons. The summed E-state index contributed by atoms with van der Waals surface area (Å²) in [5.41, 5.74) is 6.95. The van der Waals surface area contributed by atoms with Crippen molar-refractivity contribution in [1.29, 1.82) is 0 Å². The second-order valence-corrected chi connectivity index (χ2v) is 6.34. The summed E-state index contributed by atoms with van der Waals surface area (Å²) in [6, 6.07) is 8.87. The average molecular weight is 335 g/mol. The molecule has 0 saturated heterocycles. The Morgan fingerprint density at radius 2 is 1.62 bits per heavy atom. The number of hydrogen-bond acceptors (Lipinski definition) is 4. The minimum absolute atomic E-state index is 0. The highest BCUT2D eigenvalue weighted by atomic mass is 16.5. The number of nitrogens with two attached hydrogens (primary N) is 1. The van der Waals surface area contributed by atoms with Crippen molar-refractivity contribution in [1.82, 2.24) is 0 Å². The van der Waals surface area contributed by atoms with Crippen molar-refractivity contribution in [2.45, 2.75) is 71.8 Å². The van der Waals surface area contributed by atoms with Gasteiger partial charge in [0.25, 0.3) is 6.02 Å². The van der Waals surface area contributed by atoms with Crippen molar-refractivity contribution in [2.75, 3.05) is 13.2 Å². The van der Waals surface area contributed by atoms with Gasteiger partial charge in [-0.25, -0.2) is 4.99 Å². The largest absolute Gasteiger partial charge is 0.490 e. The summed E-state index contributed by atoms with van der Waals surface area (Å²) in [6.07, 6.45) is 9.53. The molecular weight excluding hydrogens is 300 g/mol. The normalized spacial score (nSPS) is 21.3. The Labute approximate surface area is 147 Å². The molecule has 0 aromatic heterocycles. The van der Waals surface area contributed by atoms with Crippen LogP contribution in [0.1, 0.15) is 71.3 Å². The molecule has 1 aromatic carbocycles. The van der Waals surface area contributed by atoms with Gasteiger partial charge in [0.15, 0.2) is 6.10 Å². The number of rotatable bonds is 4. The van der Waals surface area contributed by atoms with Crippen LogP contribution >= 0.6 is 0 Å². The fourth-order valence-electron chi connectivity index (χ4n) is 3.34. The summed E-state index contributed by atoms with van der Waals surface area (Å²) in [7, 11) is 0. The van der Waals surface area contributed by atoms with E-state index >= 15 is 0 Å². The van der Waals surface area contributed by atoms with Crippen molar-refractivity contribution < 1.29 is 9.47 Å². The summed E-state index contributed by atoms with van der Waals surface area (Å²) < 4.78 is 11.1. The van der Waals surface area contributed by atoms with E-state index in [9.17, 15) is 0 Å². The van der Waals surface area contributed by atoms with E-state index in [1.54, 1.807) is 0 Å². The molecule has 2 aliphatic rings. The quantitative estimate of drug-likeness (QED) is 0.854. The third-order valence-corrected chi connectivity index (χ3v) is 4.63. The summed E-state index contributed by atoms with van der Waals surface area (Å²) in [5, 5.41) is 0. The maximum Gasteiger partial charge on any atom is 0.282 e. The summed E-state index contributed by atoms with van der Waals surface area (Å²) in [6.45, 7) is 1.08. The van der Waals surface area contributed by atoms with E-state index in [0.29, 0.717) is 13.2 Å². The maximum absolute atomic E-state index is 5.77. The van der Waals surface area contributed by atoms with Gasteiger partial charge in [0.05, 0.1) is 6.54 Å². The van der Waals surface area contributed by atoms with Gasteiger partial charge in [-0.3, -0.25) is 0 Å². The average Bonchev–Trinajstić information content (AvgIpc) is 2.91. The van der Waals surface area contributed by atoms with Crippen LogP contribution < -0.4 is 10.5 Å². The molecule has 0 bridgehead atoms. The first kappa shape index (κ1) is 20.3. The Kier molecular flexibility index (Phi) is 8.66. The van der Waals surface area contributed by atoms with E-state index in [1.807, 2.05) is 0 Å². The van der Waals surface area contributed by atoms with Crippen LogP contribution in [0.15, 0.2) is 29.3 Å². The van der Waals surface area contributed by atoms with Gasteiger partial charge in [0.2, 0.25) is 0 Å². The van der Waals surface area contributed by atoms with Crippen LogP contribution in [-0.4, -0.2) is 25.3 Å². The molecule has 1 aliphatic heterocycles. The standard InChI is InChI=1S/C18H26N2O2.2CH4/c19-18-20-12-17(22-18)13-21-16-10-8-15(9-11-16)14-6-4-2-1-3-5-7-14;;/h8-11,14,17H,1-7,12-13H2,(H2,19,20);2*1H4. The van der Waals surface area contributed by atoms with Crippen molar-refractivity contribution in [3.63, 3.8) is 0 Å². The van der Waals surface area contributed by atoms with E-state index in [4.69, 9.17) is 15.2 Å². The lowest BCUT2D eigenvalue weighted by atomic mass is 9.86. The number of amidine groups is 1. The lowest BCUT2D eigenvalue weighted by Gasteiger charge is -2.20. The van der Waals surface area contributed by atoms with Crippen LogP contribution in [0.5, 0.6) is 5.75 Å². The molecule has 1 fully saturated rings. The molecule has 24 heavy (non-hydrogen) atoms.